The average Bonchev–Trinajstić information content (AvgIpc) is 2.83. The minimum absolute atomic E-state index is 0.0572. The third-order valence-electron chi connectivity index (χ3n) is 8.58. The Hall–Kier alpha value is -1.29. The molecule has 0 bridgehead atoms. The predicted octanol–water partition coefficient (Wildman–Crippen LogP) is 2.87. The van der Waals surface area contributed by atoms with Gasteiger partial charge in [0.1, 0.15) is 11.4 Å². The minimum Gasteiger partial charge on any atom is -0.382 e. The first-order chi connectivity index (χ1) is 11.6. The number of carbonyl (C=O) groups excluding carboxylic acids is 3. The fraction of sp³-hybridized carbons (Fsp3) is 0.762. The molecule has 4 rings (SSSR count). The molecule has 0 aliphatic heterocycles. The zero-order valence-electron chi connectivity index (χ0n) is 15.4. The van der Waals surface area contributed by atoms with E-state index in [2.05, 4.69) is 13.8 Å². The quantitative estimate of drug-likeness (QED) is 0.794. The number of aliphatic hydroxyl groups is 1. The summed E-state index contributed by atoms with van der Waals surface area (Å²) in [5.74, 6) is 0.693. The van der Waals surface area contributed by atoms with Crippen LogP contribution in [0.25, 0.3) is 0 Å². The van der Waals surface area contributed by atoms with Gasteiger partial charge >= 0.3 is 0 Å². The van der Waals surface area contributed by atoms with Crippen molar-refractivity contribution in [3.63, 3.8) is 0 Å². The van der Waals surface area contributed by atoms with E-state index >= 15 is 0 Å². The van der Waals surface area contributed by atoms with E-state index in [9.17, 15) is 19.5 Å². The van der Waals surface area contributed by atoms with Gasteiger partial charge in [-0.15, -0.1) is 0 Å². The molecule has 0 aromatic carbocycles. The third kappa shape index (κ3) is 2.00. The van der Waals surface area contributed by atoms with Gasteiger partial charge in [0, 0.05) is 24.2 Å². The van der Waals surface area contributed by atoms with Crippen LogP contribution in [0.1, 0.15) is 59.3 Å². The first-order valence-corrected chi connectivity index (χ1v) is 9.62. The van der Waals surface area contributed by atoms with E-state index in [-0.39, 0.29) is 40.5 Å². The summed E-state index contributed by atoms with van der Waals surface area (Å²) in [6, 6.07) is 0. The van der Waals surface area contributed by atoms with Crippen molar-refractivity contribution in [2.75, 3.05) is 0 Å². The fourth-order valence-electron chi connectivity index (χ4n) is 7.03. The van der Waals surface area contributed by atoms with Gasteiger partial charge in [0.25, 0.3) is 0 Å². The highest BCUT2D eigenvalue weighted by molar-refractivity contribution is 5.97. The summed E-state index contributed by atoms with van der Waals surface area (Å²) in [6.45, 7) is 5.70. The lowest BCUT2D eigenvalue weighted by atomic mass is 9.45. The highest BCUT2D eigenvalue weighted by Gasteiger charge is 2.66. The zero-order valence-corrected chi connectivity index (χ0v) is 15.4. The van der Waals surface area contributed by atoms with Gasteiger partial charge in [-0.3, -0.25) is 14.4 Å². The molecule has 0 aromatic rings. The molecule has 4 aliphatic rings. The number of rotatable bonds is 1. The summed E-state index contributed by atoms with van der Waals surface area (Å²) in [7, 11) is 0. The number of fused-ring (bicyclic) bond motifs is 5. The number of hydrogen-bond donors (Lipinski definition) is 1. The van der Waals surface area contributed by atoms with Crippen LogP contribution in [0.3, 0.4) is 0 Å². The van der Waals surface area contributed by atoms with Gasteiger partial charge in [0.15, 0.2) is 11.6 Å². The topological polar surface area (TPSA) is 71.4 Å². The molecule has 25 heavy (non-hydrogen) atoms. The molecule has 4 nitrogen and oxygen atoms in total. The zero-order chi connectivity index (χ0) is 18.2. The van der Waals surface area contributed by atoms with Gasteiger partial charge in [-0.05, 0) is 61.9 Å². The summed E-state index contributed by atoms with van der Waals surface area (Å²) in [5.41, 5.74) is -1.94. The van der Waals surface area contributed by atoms with Gasteiger partial charge in [-0.2, -0.15) is 0 Å². The van der Waals surface area contributed by atoms with Crippen molar-refractivity contribution in [1.29, 1.82) is 0 Å². The Morgan fingerprint density at radius 1 is 1.12 bits per heavy atom. The molecule has 3 fully saturated rings. The summed E-state index contributed by atoms with van der Waals surface area (Å²) >= 11 is 0. The SMILES string of the molecule is CC(=O)[C@@]1(O)CC[C@H]2[C@@H]3CC(=O)C4CC(=O)C=C[C@]4(C)[C@H]3CC[C@@]21C. The molecule has 0 amide bonds. The van der Waals surface area contributed by atoms with Crippen molar-refractivity contribution < 1.29 is 19.5 Å². The summed E-state index contributed by atoms with van der Waals surface area (Å²) in [6.07, 6.45) is 7.54. The second-order valence-electron chi connectivity index (χ2n) is 9.38. The Balaban J connectivity index is 1.74. The van der Waals surface area contributed by atoms with Crippen LogP contribution in [-0.2, 0) is 14.4 Å². The molecule has 0 spiro atoms. The standard InChI is InChI=1S/C21H28O4/c1-12(22)21(25)9-6-16-14-11-18(24)17-10-13(23)4-7-19(17,2)15(14)5-8-20(16,21)3/h4,7,14-17,25H,5-6,8-11H2,1-3H3/t14-,15+,16+,17?,19-,20+,21+/m1/s1. The average molecular weight is 344 g/mol. The van der Waals surface area contributed by atoms with Crippen LogP contribution < -0.4 is 0 Å². The maximum absolute atomic E-state index is 12.9. The molecule has 1 unspecified atom stereocenters. The fourth-order valence-corrected chi connectivity index (χ4v) is 7.03. The molecule has 3 saturated carbocycles. The Morgan fingerprint density at radius 2 is 1.80 bits per heavy atom. The van der Waals surface area contributed by atoms with Gasteiger partial charge < -0.3 is 5.11 Å². The normalized spacial score (nSPS) is 51.7. The lowest BCUT2D eigenvalue weighted by Crippen LogP contribution is -2.59. The summed E-state index contributed by atoms with van der Waals surface area (Å²) < 4.78 is 0. The molecule has 0 saturated heterocycles. The Morgan fingerprint density at radius 3 is 2.48 bits per heavy atom. The third-order valence-corrected chi connectivity index (χ3v) is 8.58. The van der Waals surface area contributed by atoms with Crippen LogP contribution in [0.2, 0.25) is 0 Å². The molecule has 0 radical (unpaired) electrons. The van der Waals surface area contributed by atoms with E-state index in [1.54, 1.807) is 6.08 Å². The minimum atomic E-state index is -1.25. The van der Waals surface area contributed by atoms with Crippen molar-refractivity contribution >= 4 is 17.3 Å². The largest absolute Gasteiger partial charge is 0.382 e. The molecule has 0 heterocycles. The smallest absolute Gasteiger partial charge is 0.161 e. The number of allylic oxidation sites excluding steroid dienone is 2. The van der Waals surface area contributed by atoms with Gasteiger partial charge in [0.05, 0.1) is 0 Å². The van der Waals surface area contributed by atoms with Crippen LogP contribution in [0.5, 0.6) is 0 Å². The van der Waals surface area contributed by atoms with Crippen LogP contribution in [0.15, 0.2) is 12.2 Å². The lowest BCUT2D eigenvalue weighted by molar-refractivity contribution is -0.166. The van der Waals surface area contributed by atoms with Gasteiger partial charge in [-0.25, -0.2) is 0 Å². The Kier molecular flexibility index (Phi) is 3.51. The summed E-state index contributed by atoms with van der Waals surface area (Å²) in [5, 5.41) is 11.1. The van der Waals surface area contributed by atoms with Crippen LogP contribution in [0.4, 0.5) is 0 Å². The molecule has 0 aromatic heterocycles. The number of carbonyl (C=O) groups is 3. The maximum atomic E-state index is 12.9. The first-order valence-electron chi connectivity index (χ1n) is 9.62. The van der Waals surface area contributed by atoms with E-state index in [1.165, 1.54) is 6.92 Å². The molecule has 7 atom stereocenters. The Labute approximate surface area is 149 Å². The van der Waals surface area contributed by atoms with Gasteiger partial charge in [-0.1, -0.05) is 19.9 Å². The molecule has 4 aliphatic carbocycles. The molecule has 4 heteroatoms. The highest BCUT2D eigenvalue weighted by Crippen LogP contribution is 2.66. The van der Waals surface area contributed by atoms with E-state index in [0.29, 0.717) is 25.2 Å². The number of Topliss-reactive ketones (excluding diaryl/α,β-unsaturated/α-hetero) is 2. The second kappa shape index (κ2) is 5.12. The number of ketones is 3. The highest BCUT2D eigenvalue weighted by atomic mass is 16.3. The molecule has 136 valence electrons. The van der Waals surface area contributed by atoms with Crippen molar-refractivity contribution in [2.45, 2.75) is 64.9 Å². The predicted molar refractivity (Wildman–Crippen MR) is 92.7 cm³/mol. The van der Waals surface area contributed by atoms with Crippen molar-refractivity contribution in [3.05, 3.63) is 12.2 Å². The maximum Gasteiger partial charge on any atom is 0.161 e. The monoisotopic (exact) mass is 344 g/mol. The molecular formula is C21H28O4. The molecule has 1 N–H and O–H groups in total. The van der Waals surface area contributed by atoms with Crippen LogP contribution >= 0.6 is 0 Å². The van der Waals surface area contributed by atoms with Crippen molar-refractivity contribution in [2.24, 2.45) is 34.5 Å². The van der Waals surface area contributed by atoms with Crippen LogP contribution in [-0.4, -0.2) is 28.1 Å². The second-order valence-corrected chi connectivity index (χ2v) is 9.38. The van der Waals surface area contributed by atoms with E-state index in [0.717, 1.165) is 19.3 Å². The van der Waals surface area contributed by atoms with Crippen LogP contribution in [0, 0.1) is 34.5 Å². The van der Waals surface area contributed by atoms with Crippen molar-refractivity contribution in [3.8, 4) is 0 Å². The van der Waals surface area contributed by atoms with E-state index < -0.39 is 11.0 Å². The number of hydrogen-bond acceptors (Lipinski definition) is 4. The van der Waals surface area contributed by atoms with Crippen molar-refractivity contribution in [1.82, 2.24) is 0 Å². The first kappa shape index (κ1) is 17.1. The van der Waals surface area contributed by atoms with Gasteiger partial charge in [0.2, 0.25) is 0 Å². The van der Waals surface area contributed by atoms with E-state index in [4.69, 9.17) is 0 Å². The van der Waals surface area contributed by atoms with E-state index in [1.807, 2.05) is 6.08 Å². The molecular weight excluding hydrogens is 316 g/mol. The summed E-state index contributed by atoms with van der Waals surface area (Å²) in [4.78, 5) is 37.0. The Bertz CT molecular complexity index is 694. The lowest BCUT2D eigenvalue weighted by Gasteiger charge is -2.58.